The van der Waals surface area contributed by atoms with Gasteiger partial charge in [-0.15, -0.1) is 10.2 Å². The lowest BCUT2D eigenvalue weighted by molar-refractivity contribution is -0.00294. The summed E-state index contributed by atoms with van der Waals surface area (Å²) in [6.07, 6.45) is 5.26. The second-order valence-electron chi connectivity index (χ2n) is 8.98. The fourth-order valence-electron chi connectivity index (χ4n) is 5.40. The third kappa shape index (κ3) is 3.86. The van der Waals surface area contributed by atoms with Gasteiger partial charge in [0, 0.05) is 63.8 Å². The van der Waals surface area contributed by atoms with Crippen LogP contribution in [-0.2, 0) is 4.74 Å². The third-order valence-corrected chi connectivity index (χ3v) is 6.93. The standard InChI is InChI=1S/C22H30N6O3/c1-3-30-21(29)28-14-22(15-28)7-6-17(13-22)26-9-11-27(12-10-26)19-18(5-4-8-23-19)20-25-24-16(2)31-20/h4-5,8,17H,3,6-7,9-15H2,1-2H3/t17-/m1/s1. The van der Waals surface area contributed by atoms with Gasteiger partial charge in [0.1, 0.15) is 5.82 Å². The number of aromatic nitrogens is 3. The summed E-state index contributed by atoms with van der Waals surface area (Å²) in [5.41, 5.74) is 1.20. The Kier molecular flexibility index (Phi) is 5.29. The Morgan fingerprint density at radius 3 is 2.77 bits per heavy atom. The molecule has 1 aliphatic carbocycles. The number of ether oxygens (including phenoxy) is 1. The molecule has 2 aromatic heterocycles. The number of carbonyl (C=O) groups excluding carboxylic acids is 1. The second kappa shape index (κ2) is 8.11. The van der Waals surface area contributed by atoms with Crippen LogP contribution in [0.5, 0.6) is 0 Å². The van der Waals surface area contributed by atoms with Crippen molar-refractivity contribution in [1.82, 2.24) is 25.0 Å². The summed E-state index contributed by atoms with van der Waals surface area (Å²) in [5, 5.41) is 8.14. The van der Waals surface area contributed by atoms with Gasteiger partial charge in [-0.05, 0) is 38.3 Å². The molecule has 0 bridgehead atoms. The van der Waals surface area contributed by atoms with Crippen LogP contribution in [0.1, 0.15) is 32.1 Å². The topological polar surface area (TPSA) is 87.8 Å². The molecule has 2 aromatic rings. The molecule has 9 heteroatoms. The maximum Gasteiger partial charge on any atom is 0.409 e. The summed E-state index contributed by atoms with van der Waals surface area (Å²) in [4.78, 5) is 23.3. The number of rotatable bonds is 4. The number of carbonyl (C=O) groups is 1. The van der Waals surface area contributed by atoms with Crippen molar-refractivity contribution in [3.63, 3.8) is 0 Å². The highest BCUT2D eigenvalue weighted by atomic mass is 16.6. The van der Waals surface area contributed by atoms with Crippen molar-refractivity contribution in [1.29, 1.82) is 0 Å². The molecule has 1 spiro atoms. The van der Waals surface area contributed by atoms with E-state index < -0.39 is 0 Å². The molecule has 9 nitrogen and oxygen atoms in total. The van der Waals surface area contributed by atoms with Crippen molar-refractivity contribution < 1.29 is 13.9 Å². The molecule has 3 aliphatic rings. The summed E-state index contributed by atoms with van der Waals surface area (Å²) in [5.74, 6) is 2.00. The minimum atomic E-state index is -0.159. The number of piperazine rings is 1. The normalized spacial score (nSPS) is 23.2. The van der Waals surface area contributed by atoms with Gasteiger partial charge in [0.05, 0.1) is 12.2 Å². The molecule has 4 heterocycles. The molecule has 31 heavy (non-hydrogen) atoms. The zero-order valence-corrected chi connectivity index (χ0v) is 18.3. The van der Waals surface area contributed by atoms with Crippen LogP contribution in [0.25, 0.3) is 11.5 Å². The van der Waals surface area contributed by atoms with Crippen molar-refractivity contribution in [3.05, 3.63) is 24.2 Å². The Morgan fingerprint density at radius 2 is 2.06 bits per heavy atom. The summed E-state index contributed by atoms with van der Waals surface area (Å²) >= 11 is 0. The number of likely N-dealkylation sites (tertiary alicyclic amines) is 1. The van der Waals surface area contributed by atoms with Crippen LogP contribution >= 0.6 is 0 Å². The first-order chi connectivity index (χ1) is 15.1. The van der Waals surface area contributed by atoms with Crippen LogP contribution in [0.15, 0.2) is 22.7 Å². The number of hydrogen-bond donors (Lipinski definition) is 0. The zero-order chi connectivity index (χ0) is 21.4. The van der Waals surface area contributed by atoms with Crippen molar-refractivity contribution in [3.8, 4) is 11.5 Å². The van der Waals surface area contributed by atoms with E-state index in [0.29, 0.717) is 29.8 Å². The number of aryl methyl sites for hydroxylation is 1. The minimum absolute atomic E-state index is 0.159. The lowest BCUT2D eigenvalue weighted by Gasteiger charge is -2.48. The summed E-state index contributed by atoms with van der Waals surface area (Å²) in [6, 6.07) is 4.51. The average Bonchev–Trinajstić information content (AvgIpc) is 3.40. The van der Waals surface area contributed by atoms with Gasteiger partial charge < -0.3 is 19.0 Å². The highest BCUT2D eigenvalue weighted by molar-refractivity contribution is 5.70. The number of hydrogen-bond acceptors (Lipinski definition) is 8. The highest BCUT2D eigenvalue weighted by Gasteiger charge is 2.51. The van der Waals surface area contributed by atoms with E-state index in [1.165, 1.54) is 19.3 Å². The maximum atomic E-state index is 11.9. The van der Waals surface area contributed by atoms with E-state index in [2.05, 4.69) is 25.0 Å². The van der Waals surface area contributed by atoms with Gasteiger partial charge in [-0.1, -0.05) is 0 Å². The third-order valence-electron chi connectivity index (χ3n) is 6.93. The van der Waals surface area contributed by atoms with Crippen molar-refractivity contribution >= 4 is 11.9 Å². The first kappa shape index (κ1) is 20.2. The van der Waals surface area contributed by atoms with Gasteiger partial charge in [-0.3, -0.25) is 4.90 Å². The molecule has 2 aliphatic heterocycles. The second-order valence-corrected chi connectivity index (χ2v) is 8.98. The summed E-state index contributed by atoms with van der Waals surface area (Å²) in [6.45, 7) is 9.68. The van der Waals surface area contributed by atoms with Crippen LogP contribution in [0, 0.1) is 12.3 Å². The van der Waals surface area contributed by atoms with Gasteiger partial charge in [0.2, 0.25) is 5.89 Å². The Bertz CT molecular complexity index is 933. The molecule has 3 fully saturated rings. The smallest absolute Gasteiger partial charge is 0.409 e. The molecule has 1 atom stereocenters. The Labute approximate surface area is 182 Å². The van der Waals surface area contributed by atoms with Gasteiger partial charge >= 0.3 is 6.09 Å². The molecule has 0 unspecified atom stereocenters. The Balaban J connectivity index is 1.18. The van der Waals surface area contributed by atoms with Crippen LogP contribution in [0.3, 0.4) is 0 Å². The molecular weight excluding hydrogens is 396 g/mol. The number of amides is 1. The van der Waals surface area contributed by atoms with E-state index in [1.807, 2.05) is 30.2 Å². The maximum absolute atomic E-state index is 11.9. The predicted octanol–water partition coefficient (Wildman–Crippen LogP) is 2.57. The Morgan fingerprint density at radius 1 is 1.26 bits per heavy atom. The van der Waals surface area contributed by atoms with Crippen LogP contribution in [-0.4, -0.2) is 83.0 Å². The van der Waals surface area contributed by atoms with E-state index in [1.54, 1.807) is 6.92 Å². The largest absolute Gasteiger partial charge is 0.450 e. The lowest BCUT2D eigenvalue weighted by Crippen LogP contribution is -2.58. The van der Waals surface area contributed by atoms with E-state index in [-0.39, 0.29) is 6.09 Å². The monoisotopic (exact) mass is 426 g/mol. The van der Waals surface area contributed by atoms with E-state index in [4.69, 9.17) is 9.15 Å². The molecule has 0 aromatic carbocycles. The quantitative estimate of drug-likeness (QED) is 0.737. The molecule has 0 radical (unpaired) electrons. The van der Waals surface area contributed by atoms with Crippen LogP contribution in [0.2, 0.25) is 0 Å². The van der Waals surface area contributed by atoms with E-state index in [0.717, 1.165) is 50.6 Å². The molecular formula is C22H30N6O3. The number of pyridine rings is 1. The van der Waals surface area contributed by atoms with Gasteiger partial charge in [0.25, 0.3) is 5.89 Å². The Hall–Kier alpha value is -2.68. The molecule has 1 amide bonds. The first-order valence-electron chi connectivity index (χ1n) is 11.2. The highest BCUT2D eigenvalue weighted by Crippen LogP contribution is 2.47. The van der Waals surface area contributed by atoms with Crippen LogP contribution < -0.4 is 4.90 Å². The fraction of sp³-hybridized carbons (Fsp3) is 0.636. The minimum Gasteiger partial charge on any atom is -0.450 e. The SMILES string of the molecule is CCOC(=O)N1CC2(CC[C@@H](N3CCN(c4ncccc4-c4nnc(C)o4)CC3)C2)C1. The van der Waals surface area contributed by atoms with E-state index >= 15 is 0 Å². The van der Waals surface area contributed by atoms with E-state index in [9.17, 15) is 4.79 Å². The molecule has 1 saturated carbocycles. The van der Waals surface area contributed by atoms with Crippen LogP contribution in [0.4, 0.5) is 10.6 Å². The first-order valence-corrected chi connectivity index (χ1v) is 11.2. The number of anilines is 1. The number of nitrogens with zero attached hydrogens (tertiary/aromatic N) is 6. The van der Waals surface area contributed by atoms with Gasteiger partial charge in [-0.2, -0.15) is 0 Å². The molecule has 0 N–H and O–H groups in total. The van der Waals surface area contributed by atoms with Gasteiger partial charge in [0.15, 0.2) is 0 Å². The van der Waals surface area contributed by atoms with Gasteiger partial charge in [-0.25, -0.2) is 9.78 Å². The molecule has 2 saturated heterocycles. The fourth-order valence-corrected chi connectivity index (χ4v) is 5.40. The molecule has 166 valence electrons. The predicted molar refractivity (Wildman–Crippen MR) is 115 cm³/mol. The van der Waals surface area contributed by atoms with Crippen molar-refractivity contribution in [2.24, 2.45) is 5.41 Å². The molecule has 5 rings (SSSR count). The average molecular weight is 427 g/mol. The summed E-state index contributed by atoms with van der Waals surface area (Å²) in [7, 11) is 0. The van der Waals surface area contributed by atoms with Crippen molar-refractivity contribution in [2.75, 3.05) is 50.8 Å². The zero-order valence-electron chi connectivity index (χ0n) is 18.3. The lowest BCUT2D eigenvalue weighted by atomic mass is 9.78. The summed E-state index contributed by atoms with van der Waals surface area (Å²) < 4.78 is 10.8. The van der Waals surface area contributed by atoms with Crippen molar-refractivity contribution in [2.45, 2.75) is 39.2 Å².